The Morgan fingerprint density at radius 1 is 0.970 bits per heavy atom. The number of aromatic amines is 1. The molecule has 1 aromatic heterocycles. The highest BCUT2D eigenvalue weighted by atomic mass is 16.2. The third kappa shape index (κ3) is 4.20. The Labute approximate surface area is 194 Å². The molecule has 1 saturated carbocycles. The second-order valence-electron chi connectivity index (χ2n) is 9.65. The fourth-order valence-electron chi connectivity index (χ4n) is 5.20. The average molecular weight is 439 g/mol. The number of aromatic nitrogens is 1. The zero-order chi connectivity index (χ0) is 22.2. The van der Waals surface area contributed by atoms with E-state index in [4.69, 9.17) is 0 Å². The Bertz CT molecular complexity index is 1220. The van der Waals surface area contributed by atoms with Gasteiger partial charge in [0.05, 0.1) is 11.9 Å². The Morgan fingerprint density at radius 2 is 1.79 bits per heavy atom. The molecule has 2 aliphatic heterocycles. The highest BCUT2D eigenvalue weighted by molar-refractivity contribution is 5.85. The quantitative estimate of drug-likeness (QED) is 0.598. The van der Waals surface area contributed by atoms with E-state index >= 15 is 0 Å². The number of benzene rings is 2. The summed E-state index contributed by atoms with van der Waals surface area (Å²) in [5.41, 5.74) is 5.97. The minimum Gasteiger partial charge on any atom is -0.369 e. The SMILES string of the molecule is O=C(C1CC1)N1CCC(CN2CCC=NC=C2c2ccc(-c3ccc4cc[nH]c4c3)cc2)C1. The van der Waals surface area contributed by atoms with Gasteiger partial charge in [0.2, 0.25) is 5.91 Å². The molecule has 2 aromatic carbocycles. The van der Waals surface area contributed by atoms with Crippen molar-refractivity contribution in [2.24, 2.45) is 16.8 Å². The van der Waals surface area contributed by atoms with Gasteiger partial charge in [0.15, 0.2) is 0 Å². The third-order valence-electron chi connectivity index (χ3n) is 7.24. The van der Waals surface area contributed by atoms with Crippen LogP contribution in [0.5, 0.6) is 0 Å². The van der Waals surface area contributed by atoms with E-state index in [1.54, 1.807) is 0 Å². The minimum atomic E-state index is 0.321. The van der Waals surface area contributed by atoms with E-state index in [9.17, 15) is 4.79 Å². The van der Waals surface area contributed by atoms with Gasteiger partial charge in [-0.3, -0.25) is 9.79 Å². The molecular weight excluding hydrogens is 408 g/mol. The van der Waals surface area contributed by atoms with E-state index in [0.29, 0.717) is 17.7 Å². The van der Waals surface area contributed by atoms with Crippen LogP contribution in [0.25, 0.3) is 27.7 Å². The molecule has 0 bridgehead atoms. The number of rotatable bonds is 5. The summed E-state index contributed by atoms with van der Waals surface area (Å²) in [5.74, 6) is 1.24. The molecule has 3 aromatic rings. The lowest BCUT2D eigenvalue weighted by Gasteiger charge is -2.29. The van der Waals surface area contributed by atoms with E-state index in [2.05, 4.69) is 68.3 Å². The second-order valence-corrected chi connectivity index (χ2v) is 9.65. The summed E-state index contributed by atoms with van der Waals surface area (Å²) in [6.07, 6.45) is 10.2. The Balaban J connectivity index is 1.18. The van der Waals surface area contributed by atoms with Gasteiger partial charge in [-0.1, -0.05) is 36.4 Å². The molecule has 6 rings (SSSR count). The lowest BCUT2D eigenvalue weighted by molar-refractivity contribution is -0.131. The summed E-state index contributed by atoms with van der Waals surface area (Å²) in [4.78, 5) is 24.9. The first-order chi connectivity index (χ1) is 16.2. The maximum atomic E-state index is 12.5. The van der Waals surface area contributed by atoms with Crippen molar-refractivity contribution in [2.45, 2.75) is 25.7 Å². The van der Waals surface area contributed by atoms with E-state index in [1.165, 1.54) is 27.8 Å². The van der Waals surface area contributed by atoms with Crippen LogP contribution in [0.2, 0.25) is 0 Å². The van der Waals surface area contributed by atoms with Crippen LogP contribution >= 0.6 is 0 Å². The molecule has 3 heterocycles. The van der Waals surface area contributed by atoms with E-state index in [0.717, 1.165) is 57.4 Å². The summed E-state index contributed by atoms with van der Waals surface area (Å²) >= 11 is 0. The van der Waals surface area contributed by atoms with Gasteiger partial charge in [0.25, 0.3) is 0 Å². The van der Waals surface area contributed by atoms with Crippen LogP contribution in [-0.4, -0.2) is 53.1 Å². The highest BCUT2D eigenvalue weighted by Crippen LogP contribution is 2.34. The number of nitrogens with one attached hydrogen (secondary N) is 1. The number of aliphatic imine (C=N–C) groups is 1. The summed E-state index contributed by atoms with van der Waals surface area (Å²) in [5, 5.41) is 1.23. The predicted octanol–water partition coefficient (Wildman–Crippen LogP) is 5.17. The van der Waals surface area contributed by atoms with Crippen LogP contribution in [0.4, 0.5) is 0 Å². The van der Waals surface area contributed by atoms with Crippen molar-refractivity contribution in [3.63, 3.8) is 0 Å². The van der Waals surface area contributed by atoms with E-state index in [-0.39, 0.29) is 0 Å². The van der Waals surface area contributed by atoms with E-state index < -0.39 is 0 Å². The van der Waals surface area contributed by atoms with Crippen LogP contribution in [-0.2, 0) is 4.79 Å². The summed E-state index contributed by atoms with van der Waals surface area (Å²) in [6.45, 7) is 3.77. The van der Waals surface area contributed by atoms with Crippen molar-refractivity contribution in [1.82, 2.24) is 14.8 Å². The molecule has 3 aliphatic rings. The first kappa shape index (κ1) is 20.3. The molecular formula is C28H30N4O. The van der Waals surface area contributed by atoms with Crippen LogP contribution < -0.4 is 0 Å². The van der Waals surface area contributed by atoms with Gasteiger partial charge in [-0.2, -0.15) is 0 Å². The van der Waals surface area contributed by atoms with Crippen molar-refractivity contribution in [2.75, 3.05) is 26.2 Å². The van der Waals surface area contributed by atoms with Gasteiger partial charge in [-0.05, 0) is 59.4 Å². The summed E-state index contributed by atoms with van der Waals surface area (Å²) in [6, 6.07) is 17.5. The molecule has 1 N–H and O–H groups in total. The molecule has 0 spiro atoms. The molecule has 168 valence electrons. The number of H-pyrrole nitrogens is 1. The van der Waals surface area contributed by atoms with Gasteiger partial charge < -0.3 is 14.8 Å². The fraction of sp³-hybridized carbons (Fsp3) is 0.357. The van der Waals surface area contributed by atoms with Crippen LogP contribution in [0.15, 0.2) is 65.9 Å². The first-order valence-corrected chi connectivity index (χ1v) is 12.2. The van der Waals surface area contributed by atoms with Gasteiger partial charge in [0, 0.05) is 56.4 Å². The van der Waals surface area contributed by atoms with Gasteiger partial charge in [0.1, 0.15) is 0 Å². The highest BCUT2D eigenvalue weighted by Gasteiger charge is 2.37. The Hall–Kier alpha value is -3.34. The molecule has 5 nitrogen and oxygen atoms in total. The zero-order valence-corrected chi connectivity index (χ0v) is 18.9. The van der Waals surface area contributed by atoms with Crippen LogP contribution in [0, 0.1) is 11.8 Å². The van der Waals surface area contributed by atoms with Crippen molar-refractivity contribution in [3.05, 3.63) is 66.5 Å². The molecule has 1 unspecified atom stereocenters. The molecule has 33 heavy (non-hydrogen) atoms. The molecule has 5 heteroatoms. The summed E-state index contributed by atoms with van der Waals surface area (Å²) < 4.78 is 0. The fourth-order valence-corrected chi connectivity index (χ4v) is 5.20. The van der Waals surface area contributed by atoms with Crippen molar-refractivity contribution >= 4 is 28.7 Å². The molecule has 2 fully saturated rings. The topological polar surface area (TPSA) is 51.7 Å². The van der Waals surface area contributed by atoms with Gasteiger partial charge in [-0.25, -0.2) is 0 Å². The lowest BCUT2D eigenvalue weighted by Crippen LogP contribution is -2.33. The monoisotopic (exact) mass is 438 g/mol. The first-order valence-electron chi connectivity index (χ1n) is 12.2. The van der Waals surface area contributed by atoms with E-state index in [1.807, 2.05) is 18.6 Å². The van der Waals surface area contributed by atoms with Crippen molar-refractivity contribution in [3.8, 4) is 11.1 Å². The number of nitrogens with zero attached hydrogens (tertiary/aromatic N) is 3. The van der Waals surface area contributed by atoms with Gasteiger partial charge >= 0.3 is 0 Å². The number of carbonyl (C=O) groups is 1. The molecule has 1 amide bonds. The molecule has 1 aliphatic carbocycles. The molecule has 1 saturated heterocycles. The number of likely N-dealkylation sites (tertiary alicyclic amines) is 1. The number of carbonyl (C=O) groups excluding carboxylic acids is 1. The number of fused-ring (bicyclic) bond motifs is 1. The Kier molecular flexibility index (Phi) is 5.25. The summed E-state index contributed by atoms with van der Waals surface area (Å²) in [7, 11) is 0. The number of hydrogen-bond donors (Lipinski definition) is 1. The maximum absolute atomic E-state index is 12.5. The number of hydrogen-bond acceptors (Lipinski definition) is 3. The van der Waals surface area contributed by atoms with Crippen LogP contribution in [0.1, 0.15) is 31.2 Å². The second kappa shape index (κ2) is 8.54. The standard InChI is InChI=1S/C28H30N4O/c33-28(24-7-8-24)32-15-11-20(19-32)18-31-14-1-12-29-17-27(31)23-5-2-21(3-6-23)25-9-4-22-10-13-30-26(22)16-25/h2-6,9-10,12-13,16-17,20,24,30H,1,7-8,11,14-15,18-19H2. The largest absolute Gasteiger partial charge is 0.369 e. The zero-order valence-electron chi connectivity index (χ0n) is 18.9. The minimum absolute atomic E-state index is 0.321. The predicted molar refractivity (Wildman–Crippen MR) is 134 cm³/mol. The van der Waals surface area contributed by atoms with Gasteiger partial charge in [-0.15, -0.1) is 0 Å². The smallest absolute Gasteiger partial charge is 0.225 e. The third-order valence-corrected chi connectivity index (χ3v) is 7.24. The van der Waals surface area contributed by atoms with Crippen LogP contribution in [0.3, 0.4) is 0 Å². The maximum Gasteiger partial charge on any atom is 0.225 e. The lowest BCUT2D eigenvalue weighted by atomic mass is 10.0. The average Bonchev–Trinajstić information content (AvgIpc) is 3.49. The Morgan fingerprint density at radius 3 is 2.64 bits per heavy atom. The van der Waals surface area contributed by atoms with Crippen molar-refractivity contribution < 1.29 is 4.79 Å². The number of amides is 1. The molecule has 0 radical (unpaired) electrons. The molecule has 1 atom stereocenters. The van der Waals surface area contributed by atoms with Crippen molar-refractivity contribution in [1.29, 1.82) is 0 Å². The normalized spacial score (nSPS) is 20.8.